The molecule has 1 aliphatic heterocycles. The first-order chi connectivity index (χ1) is 18.5. The quantitative estimate of drug-likeness (QED) is 0.286. The zero-order chi connectivity index (χ0) is 26.2. The first-order valence-corrected chi connectivity index (χ1v) is 13.2. The lowest BCUT2D eigenvalue weighted by atomic mass is 9.78. The van der Waals surface area contributed by atoms with Crippen molar-refractivity contribution in [1.82, 2.24) is 0 Å². The summed E-state index contributed by atoms with van der Waals surface area (Å²) in [6, 6.07) is 20.1. The van der Waals surface area contributed by atoms with Gasteiger partial charge in [-0.3, -0.25) is 9.59 Å². The van der Waals surface area contributed by atoms with Crippen LogP contribution in [0.1, 0.15) is 49.3 Å². The fourth-order valence-corrected chi connectivity index (χ4v) is 5.51. The number of ether oxygens (including phenoxy) is 1. The molecule has 2 heterocycles. The van der Waals surface area contributed by atoms with E-state index in [-0.39, 0.29) is 17.1 Å². The third-order valence-corrected chi connectivity index (χ3v) is 7.44. The Kier molecular flexibility index (Phi) is 6.42. The van der Waals surface area contributed by atoms with Crippen molar-refractivity contribution in [2.75, 3.05) is 17.2 Å². The SMILES string of the molecule is CCCOc1ccc(C2CC(=O)C3=C(C2)Nc2ccccc2NC3c2coc3ccc(Cl)cc3c2=O)cc1. The molecular weight excluding hydrogens is 500 g/mol. The summed E-state index contributed by atoms with van der Waals surface area (Å²) in [5, 5.41) is 7.81. The summed E-state index contributed by atoms with van der Waals surface area (Å²) in [5.41, 5.74) is 4.72. The molecule has 0 amide bonds. The van der Waals surface area contributed by atoms with Crippen LogP contribution >= 0.6 is 11.6 Å². The van der Waals surface area contributed by atoms with Crippen molar-refractivity contribution in [1.29, 1.82) is 0 Å². The molecule has 0 fully saturated rings. The predicted octanol–water partition coefficient (Wildman–Crippen LogP) is 7.21. The van der Waals surface area contributed by atoms with Crippen molar-refractivity contribution in [3.8, 4) is 5.75 Å². The minimum Gasteiger partial charge on any atom is -0.494 e. The normalized spacial score (nSPS) is 18.7. The van der Waals surface area contributed by atoms with E-state index in [9.17, 15) is 9.59 Å². The van der Waals surface area contributed by atoms with Gasteiger partial charge in [0, 0.05) is 22.7 Å². The lowest BCUT2D eigenvalue weighted by Gasteiger charge is -2.29. The van der Waals surface area contributed by atoms with Crippen molar-refractivity contribution in [2.24, 2.45) is 0 Å². The standard InChI is InChI=1S/C31H27ClN2O4/c1-2-13-37-21-10-7-18(8-11-21)19-14-26-29(27(35)15-19)30(34-25-6-4-3-5-24(25)33-26)23-17-38-28-12-9-20(32)16-22(28)31(23)36/h3-12,16-17,19,30,33-34H,2,13-15H2,1H3. The molecule has 1 aromatic heterocycles. The van der Waals surface area contributed by atoms with Crippen LogP contribution in [-0.4, -0.2) is 12.4 Å². The number of ketones is 1. The lowest BCUT2D eigenvalue weighted by molar-refractivity contribution is -0.116. The fourth-order valence-electron chi connectivity index (χ4n) is 5.33. The van der Waals surface area contributed by atoms with Crippen molar-refractivity contribution < 1.29 is 13.9 Å². The van der Waals surface area contributed by atoms with E-state index in [0.717, 1.165) is 34.8 Å². The number of para-hydroxylation sites is 2. The number of anilines is 2. The lowest BCUT2D eigenvalue weighted by Crippen LogP contribution is -2.29. The Morgan fingerprint density at radius 3 is 2.58 bits per heavy atom. The molecular formula is C31H27ClN2O4. The minimum atomic E-state index is -0.668. The van der Waals surface area contributed by atoms with Gasteiger partial charge in [-0.1, -0.05) is 42.8 Å². The fraction of sp³-hybridized carbons (Fsp3) is 0.226. The van der Waals surface area contributed by atoms with Gasteiger partial charge in [0.1, 0.15) is 17.6 Å². The average molecular weight is 527 g/mol. The molecule has 6 rings (SSSR count). The number of halogens is 1. The molecule has 0 spiro atoms. The van der Waals surface area contributed by atoms with Gasteiger partial charge in [-0.2, -0.15) is 0 Å². The van der Waals surface area contributed by atoms with Gasteiger partial charge in [-0.15, -0.1) is 0 Å². The Bertz CT molecular complexity index is 1620. The highest BCUT2D eigenvalue weighted by Gasteiger charge is 2.37. The molecule has 2 aliphatic rings. The van der Waals surface area contributed by atoms with Crippen molar-refractivity contribution in [3.05, 3.63) is 111 Å². The zero-order valence-electron chi connectivity index (χ0n) is 20.9. The smallest absolute Gasteiger partial charge is 0.198 e. The van der Waals surface area contributed by atoms with Crippen LogP contribution < -0.4 is 20.8 Å². The number of fused-ring (bicyclic) bond motifs is 2. The summed E-state index contributed by atoms with van der Waals surface area (Å²) in [5.74, 6) is 0.823. The third kappa shape index (κ3) is 4.45. The monoisotopic (exact) mass is 526 g/mol. The Morgan fingerprint density at radius 1 is 1.00 bits per heavy atom. The number of hydrogen-bond acceptors (Lipinski definition) is 6. The molecule has 7 heteroatoms. The number of carbonyl (C=O) groups excluding carboxylic acids is 1. The van der Waals surface area contributed by atoms with Crippen LogP contribution in [0.5, 0.6) is 5.75 Å². The van der Waals surface area contributed by atoms with Gasteiger partial charge in [-0.25, -0.2) is 0 Å². The van der Waals surface area contributed by atoms with E-state index in [1.807, 2.05) is 48.5 Å². The second-order valence-corrected chi connectivity index (χ2v) is 10.2. The Morgan fingerprint density at radius 2 is 1.79 bits per heavy atom. The molecule has 4 aromatic rings. The van der Waals surface area contributed by atoms with E-state index >= 15 is 0 Å². The van der Waals surface area contributed by atoms with E-state index in [0.29, 0.717) is 46.6 Å². The van der Waals surface area contributed by atoms with Gasteiger partial charge < -0.3 is 19.8 Å². The van der Waals surface area contributed by atoms with E-state index in [1.54, 1.807) is 18.2 Å². The number of Topliss-reactive ketones (excluding diaryl/α,β-unsaturated/α-hetero) is 1. The second-order valence-electron chi connectivity index (χ2n) is 9.75. The van der Waals surface area contributed by atoms with Gasteiger partial charge >= 0.3 is 0 Å². The van der Waals surface area contributed by atoms with E-state index in [1.165, 1.54) is 6.26 Å². The maximum absolute atomic E-state index is 13.8. The highest BCUT2D eigenvalue weighted by molar-refractivity contribution is 6.31. The van der Waals surface area contributed by atoms with Crippen LogP contribution in [0.3, 0.4) is 0 Å². The highest BCUT2D eigenvalue weighted by Crippen LogP contribution is 2.44. The molecule has 0 saturated heterocycles. The maximum atomic E-state index is 13.8. The number of hydrogen-bond donors (Lipinski definition) is 2. The zero-order valence-corrected chi connectivity index (χ0v) is 21.7. The van der Waals surface area contributed by atoms with Crippen LogP contribution in [0.2, 0.25) is 5.02 Å². The van der Waals surface area contributed by atoms with E-state index in [4.69, 9.17) is 20.8 Å². The number of allylic oxidation sites excluding steroid dienone is 1. The summed E-state index contributed by atoms with van der Waals surface area (Å²) in [7, 11) is 0. The molecule has 0 saturated carbocycles. The molecule has 6 nitrogen and oxygen atoms in total. The van der Waals surface area contributed by atoms with Crippen molar-refractivity contribution in [3.63, 3.8) is 0 Å². The number of carbonyl (C=O) groups is 1. The molecule has 1 aliphatic carbocycles. The topological polar surface area (TPSA) is 80.6 Å². The number of rotatable bonds is 5. The Labute approximate surface area is 225 Å². The molecule has 3 aromatic carbocycles. The summed E-state index contributed by atoms with van der Waals surface area (Å²) in [6.07, 6.45) is 3.38. The Hall–Kier alpha value is -4.03. The second kappa shape index (κ2) is 10.0. The van der Waals surface area contributed by atoms with Crippen LogP contribution in [-0.2, 0) is 4.79 Å². The van der Waals surface area contributed by atoms with E-state index < -0.39 is 6.04 Å². The molecule has 2 N–H and O–H groups in total. The summed E-state index contributed by atoms with van der Waals surface area (Å²) in [4.78, 5) is 27.5. The molecule has 2 atom stereocenters. The molecule has 192 valence electrons. The Balaban J connectivity index is 1.43. The minimum absolute atomic E-state index is 0.00621. The van der Waals surface area contributed by atoms with Gasteiger partial charge in [0.15, 0.2) is 11.2 Å². The first-order valence-electron chi connectivity index (χ1n) is 12.8. The van der Waals surface area contributed by atoms with Crippen molar-refractivity contribution in [2.45, 2.75) is 38.1 Å². The highest BCUT2D eigenvalue weighted by atomic mass is 35.5. The van der Waals surface area contributed by atoms with Crippen molar-refractivity contribution >= 4 is 39.7 Å². The van der Waals surface area contributed by atoms with Crippen LogP contribution in [0.4, 0.5) is 11.4 Å². The molecule has 0 bridgehead atoms. The predicted molar refractivity (Wildman–Crippen MR) is 150 cm³/mol. The molecule has 0 radical (unpaired) electrons. The number of benzene rings is 3. The maximum Gasteiger partial charge on any atom is 0.198 e. The average Bonchev–Trinajstić information content (AvgIpc) is 3.09. The van der Waals surface area contributed by atoms with Gasteiger partial charge in [0.25, 0.3) is 0 Å². The largest absolute Gasteiger partial charge is 0.494 e. The van der Waals surface area contributed by atoms with Crippen LogP contribution in [0.15, 0.2) is 93.5 Å². The molecule has 38 heavy (non-hydrogen) atoms. The van der Waals surface area contributed by atoms with Gasteiger partial charge in [-0.05, 0) is 66.8 Å². The summed E-state index contributed by atoms with van der Waals surface area (Å²) in [6.45, 7) is 2.74. The van der Waals surface area contributed by atoms with E-state index in [2.05, 4.69) is 17.6 Å². The van der Waals surface area contributed by atoms with Gasteiger partial charge in [0.2, 0.25) is 0 Å². The number of nitrogens with one attached hydrogen (secondary N) is 2. The molecule has 2 unspecified atom stereocenters. The van der Waals surface area contributed by atoms with Gasteiger partial charge in [0.05, 0.1) is 35.0 Å². The van der Waals surface area contributed by atoms with Crippen LogP contribution in [0.25, 0.3) is 11.0 Å². The first kappa shape index (κ1) is 24.3. The third-order valence-electron chi connectivity index (χ3n) is 7.21. The summed E-state index contributed by atoms with van der Waals surface area (Å²) < 4.78 is 11.6. The summed E-state index contributed by atoms with van der Waals surface area (Å²) >= 11 is 6.19. The van der Waals surface area contributed by atoms with Crippen LogP contribution in [0, 0.1) is 0 Å².